The third kappa shape index (κ3) is 3.81. The van der Waals surface area contributed by atoms with Gasteiger partial charge in [0, 0.05) is 17.7 Å². The Morgan fingerprint density at radius 1 is 1.07 bits per heavy atom. The number of hydrogen-bond donors (Lipinski definition) is 1. The second kappa shape index (κ2) is 8.02. The van der Waals surface area contributed by atoms with Crippen LogP contribution < -0.4 is 5.32 Å². The van der Waals surface area contributed by atoms with Crippen molar-refractivity contribution in [3.8, 4) is 0 Å². The van der Waals surface area contributed by atoms with E-state index in [9.17, 15) is 4.79 Å². The first kappa shape index (κ1) is 19.7. The highest BCUT2D eigenvalue weighted by atomic mass is 16.2. The van der Waals surface area contributed by atoms with Crippen LogP contribution in [0.2, 0.25) is 0 Å². The maximum atomic E-state index is 13.3. The van der Waals surface area contributed by atoms with Crippen molar-refractivity contribution in [3.05, 3.63) is 71.3 Å². The minimum Gasteiger partial charge on any atom is -0.333 e. The van der Waals surface area contributed by atoms with Gasteiger partial charge in [0.05, 0.1) is 5.54 Å². The summed E-state index contributed by atoms with van der Waals surface area (Å²) in [5.41, 5.74) is 4.63. The lowest BCUT2D eigenvalue weighted by molar-refractivity contribution is 0.143. The lowest BCUT2D eigenvalue weighted by Gasteiger charge is -2.35. The topological polar surface area (TPSA) is 44.7 Å². The summed E-state index contributed by atoms with van der Waals surface area (Å²) in [4.78, 5) is 13.3. The molecular weight excluding hydrogens is 358 g/mol. The summed E-state index contributed by atoms with van der Waals surface area (Å²) >= 11 is 0. The van der Waals surface area contributed by atoms with E-state index in [1.807, 2.05) is 6.07 Å². The lowest BCUT2D eigenvalue weighted by atomic mass is 9.78. The molecule has 0 radical (unpaired) electrons. The number of fused-ring (bicyclic) bond motifs is 1. The number of amides is 2. The smallest absolute Gasteiger partial charge is 0.333 e. The van der Waals surface area contributed by atoms with Crippen LogP contribution in [0, 0.1) is 0 Å². The van der Waals surface area contributed by atoms with Crippen molar-refractivity contribution in [1.29, 1.82) is 0 Å². The van der Waals surface area contributed by atoms with Gasteiger partial charge in [-0.05, 0) is 56.2 Å². The number of nitrogens with zero attached hydrogens (tertiary/aromatic N) is 2. The summed E-state index contributed by atoms with van der Waals surface area (Å²) in [7, 11) is 0. The Hall–Kier alpha value is -2.62. The number of hydrazone groups is 1. The van der Waals surface area contributed by atoms with Gasteiger partial charge in [-0.3, -0.25) is 0 Å². The Labute approximate surface area is 174 Å². The van der Waals surface area contributed by atoms with Crippen LogP contribution in [0.5, 0.6) is 0 Å². The molecule has 1 aliphatic carbocycles. The van der Waals surface area contributed by atoms with Crippen LogP contribution in [0.1, 0.15) is 62.6 Å². The molecule has 2 aromatic rings. The number of carbonyl (C=O) groups is 1. The molecule has 29 heavy (non-hydrogen) atoms. The Morgan fingerprint density at radius 2 is 1.69 bits per heavy atom. The summed E-state index contributed by atoms with van der Waals surface area (Å²) < 4.78 is 0. The molecule has 1 heterocycles. The molecule has 152 valence electrons. The number of rotatable bonds is 5. The summed E-state index contributed by atoms with van der Waals surface area (Å²) in [6.07, 6.45) is 4.92. The fraction of sp³-hybridized carbons (Fsp3) is 0.440. The van der Waals surface area contributed by atoms with Crippen molar-refractivity contribution in [2.45, 2.75) is 70.4 Å². The van der Waals surface area contributed by atoms with Crippen LogP contribution in [-0.2, 0) is 12.8 Å². The molecule has 0 spiro atoms. The van der Waals surface area contributed by atoms with Crippen LogP contribution in [0.25, 0.3) is 0 Å². The minimum absolute atomic E-state index is 0.0831. The fourth-order valence-electron chi connectivity index (χ4n) is 4.85. The molecule has 2 aliphatic rings. The van der Waals surface area contributed by atoms with E-state index >= 15 is 0 Å². The Kier molecular flexibility index (Phi) is 5.44. The number of urea groups is 1. The molecule has 1 unspecified atom stereocenters. The van der Waals surface area contributed by atoms with Crippen molar-refractivity contribution in [2.24, 2.45) is 5.10 Å². The molecular formula is C25H31N3O. The van der Waals surface area contributed by atoms with E-state index in [1.54, 1.807) is 5.01 Å². The SMILES string of the molecule is CCCCC1=NN(C(=O)NC2Cc3ccccc3C2)C(C)(C)C1c1ccccc1. The van der Waals surface area contributed by atoms with Gasteiger partial charge in [-0.25, -0.2) is 9.80 Å². The van der Waals surface area contributed by atoms with Crippen molar-refractivity contribution in [2.75, 3.05) is 0 Å². The number of carbonyl (C=O) groups excluding carboxylic acids is 1. The summed E-state index contributed by atoms with van der Waals surface area (Å²) in [5.74, 6) is 0.127. The van der Waals surface area contributed by atoms with Crippen LogP contribution in [0.4, 0.5) is 4.79 Å². The first-order valence-electron chi connectivity index (χ1n) is 10.8. The number of nitrogens with one attached hydrogen (secondary N) is 1. The van der Waals surface area contributed by atoms with E-state index in [4.69, 9.17) is 5.10 Å². The van der Waals surface area contributed by atoms with E-state index in [-0.39, 0.29) is 18.0 Å². The zero-order valence-electron chi connectivity index (χ0n) is 17.7. The van der Waals surface area contributed by atoms with E-state index < -0.39 is 5.54 Å². The fourth-order valence-corrected chi connectivity index (χ4v) is 4.85. The molecule has 0 aromatic heterocycles. The standard InChI is InChI=1S/C25H31N3O/c1-4-5-15-22-23(18-11-7-6-8-12-18)25(2,3)28(27-22)24(29)26-21-16-19-13-9-10-14-20(19)17-21/h6-14,21,23H,4-5,15-17H2,1-3H3,(H,26,29). The molecule has 2 aromatic carbocycles. The molecule has 0 saturated heterocycles. The second-order valence-electron chi connectivity index (χ2n) is 8.83. The predicted molar refractivity (Wildman–Crippen MR) is 118 cm³/mol. The van der Waals surface area contributed by atoms with Crippen molar-refractivity contribution < 1.29 is 4.79 Å². The van der Waals surface area contributed by atoms with Crippen LogP contribution in [0.15, 0.2) is 59.7 Å². The maximum absolute atomic E-state index is 13.3. The average Bonchev–Trinajstić information content (AvgIpc) is 3.23. The van der Waals surface area contributed by atoms with Gasteiger partial charge < -0.3 is 5.32 Å². The maximum Gasteiger partial charge on any atom is 0.338 e. The molecule has 4 rings (SSSR count). The van der Waals surface area contributed by atoms with E-state index in [2.05, 4.69) is 74.6 Å². The summed E-state index contributed by atoms with van der Waals surface area (Å²) in [6.45, 7) is 6.46. The van der Waals surface area contributed by atoms with Gasteiger partial charge in [0.1, 0.15) is 0 Å². The highest BCUT2D eigenvalue weighted by Crippen LogP contribution is 2.41. The Bertz CT molecular complexity index is 878. The molecule has 0 saturated carbocycles. The highest BCUT2D eigenvalue weighted by Gasteiger charge is 2.47. The second-order valence-corrected chi connectivity index (χ2v) is 8.83. The zero-order chi connectivity index (χ0) is 20.4. The number of unbranched alkanes of at least 4 members (excludes halogenated alkanes) is 1. The third-order valence-corrected chi connectivity index (χ3v) is 6.30. The minimum atomic E-state index is -0.403. The van der Waals surface area contributed by atoms with Crippen molar-refractivity contribution in [3.63, 3.8) is 0 Å². The van der Waals surface area contributed by atoms with Gasteiger partial charge in [-0.15, -0.1) is 0 Å². The van der Waals surface area contributed by atoms with Gasteiger partial charge in [0.25, 0.3) is 0 Å². The molecule has 4 heteroatoms. The average molecular weight is 390 g/mol. The van der Waals surface area contributed by atoms with Gasteiger partial charge in [0.2, 0.25) is 0 Å². The first-order chi connectivity index (χ1) is 14.0. The molecule has 2 amide bonds. The zero-order valence-corrected chi connectivity index (χ0v) is 17.7. The van der Waals surface area contributed by atoms with Crippen LogP contribution in [0.3, 0.4) is 0 Å². The Morgan fingerprint density at radius 3 is 2.31 bits per heavy atom. The van der Waals surface area contributed by atoms with Crippen molar-refractivity contribution >= 4 is 11.7 Å². The molecule has 4 nitrogen and oxygen atoms in total. The largest absolute Gasteiger partial charge is 0.338 e. The van der Waals surface area contributed by atoms with Gasteiger partial charge >= 0.3 is 6.03 Å². The van der Waals surface area contributed by atoms with Crippen molar-refractivity contribution in [1.82, 2.24) is 10.3 Å². The predicted octanol–water partition coefficient (Wildman–Crippen LogP) is 5.29. The van der Waals surface area contributed by atoms with Crippen LogP contribution in [-0.4, -0.2) is 28.3 Å². The normalized spacial score (nSPS) is 20.4. The van der Waals surface area contributed by atoms with E-state index in [0.29, 0.717) is 0 Å². The van der Waals surface area contributed by atoms with Gasteiger partial charge in [-0.1, -0.05) is 67.9 Å². The summed E-state index contributed by atoms with van der Waals surface area (Å²) in [6, 6.07) is 19.0. The molecule has 0 fully saturated rings. The van der Waals surface area contributed by atoms with Gasteiger partial charge in [-0.2, -0.15) is 5.10 Å². The van der Waals surface area contributed by atoms with Crippen LogP contribution >= 0.6 is 0 Å². The lowest BCUT2D eigenvalue weighted by Crippen LogP contribution is -2.51. The molecule has 1 N–H and O–H groups in total. The molecule has 1 aliphatic heterocycles. The third-order valence-electron chi connectivity index (χ3n) is 6.30. The number of hydrogen-bond acceptors (Lipinski definition) is 2. The molecule has 1 atom stereocenters. The quantitative estimate of drug-likeness (QED) is 0.742. The van der Waals surface area contributed by atoms with Gasteiger partial charge in [0.15, 0.2) is 0 Å². The van der Waals surface area contributed by atoms with E-state index in [1.165, 1.54) is 16.7 Å². The first-order valence-corrected chi connectivity index (χ1v) is 10.8. The molecule has 0 bridgehead atoms. The summed E-state index contributed by atoms with van der Waals surface area (Å²) in [5, 5.41) is 9.82. The van der Waals surface area contributed by atoms with E-state index in [0.717, 1.165) is 37.8 Å². The number of benzene rings is 2. The highest BCUT2D eigenvalue weighted by molar-refractivity contribution is 5.96. The Balaban J connectivity index is 1.54. The monoisotopic (exact) mass is 389 g/mol.